The first-order chi connectivity index (χ1) is 11.8. The number of likely N-dealkylation sites (tertiary alicyclic amines) is 1. The van der Waals surface area contributed by atoms with E-state index in [1.54, 1.807) is 0 Å². The lowest BCUT2D eigenvalue weighted by atomic mass is 9.89. The molecule has 0 atom stereocenters. The van der Waals surface area contributed by atoms with Crippen LogP contribution in [0.25, 0.3) is 0 Å². The summed E-state index contributed by atoms with van der Waals surface area (Å²) in [5, 5.41) is 3.45. The van der Waals surface area contributed by atoms with Crippen LogP contribution in [-0.2, 0) is 4.74 Å². The molecule has 3 rings (SSSR count). The third-order valence-electron chi connectivity index (χ3n) is 4.97. The van der Waals surface area contributed by atoms with Crippen molar-refractivity contribution >= 4 is 17.5 Å². The van der Waals surface area contributed by atoms with Gasteiger partial charge in [0.1, 0.15) is 5.60 Å². The molecular weight excluding hydrogens is 314 g/mol. The van der Waals surface area contributed by atoms with Crippen molar-refractivity contribution in [3.8, 4) is 0 Å². The summed E-state index contributed by atoms with van der Waals surface area (Å²) < 4.78 is 5.46. The number of amides is 1. The van der Waals surface area contributed by atoms with E-state index in [0.29, 0.717) is 5.92 Å². The van der Waals surface area contributed by atoms with Crippen LogP contribution >= 0.6 is 0 Å². The van der Waals surface area contributed by atoms with E-state index < -0.39 is 5.60 Å². The number of nitrogens with one attached hydrogen (secondary N) is 1. The third-order valence-corrected chi connectivity index (χ3v) is 4.97. The fourth-order valence-electron chi connectivity index (χ4n) is 3.29. The van der Waals surface area contributed by atoms with Gasteiger partial charge in [0.2, 0.25) is 0 Å². The first-order valence-electron chi connectivity index (χ1n) is 9.43. The first kappa shape index (κ1) is 17.9. The number of carbonyl (C=O) groups is 1. The molecule has 1 aromatic rings. The van der Waals surface area contributed by atoms with Gasteiger partial charge in [0.05, 0.1) is 11.4 Å². The molecule has 1 aromatic carbocycles. The molecular formula is C20H31N3O2. The highest BCUT2D eigenvalue weighted by atomic mass is 16.6. The SMILES string of the molecule is CC(C)(C)OC(=O)N1CCC(c2ccc(NCC3CC3)c(N)c2)CC1. The summed E-state index contributed by atoms with van der Waals surface area (Å²) >= 11 is 0. The summed E-state index contributed by atoms with van der Waals surface area (Å²) in [6, 6.07) is 6.38. The maximum Gasteiger partial charge on any atom is 0.410 e. The Morgan fingerprint density at radius 3 is 2.48 bits per heavy atom. The maximum atomic E-state index is 12.2. The van der Waals surface area contributed by atoms with Crippen LogP contribution in [0.1, 0.15) is 57.9 Å². The molecule has 1 heterocycles. The van der Waals surface area contributed by atoms with Crippen LogP contribution < -0.4 is 11.1 Å². The summed E-state index contributed by atoms with van der Waals surface area (Å²) in [4.78, 5) is 14.0. The number of benzene rings is 1. The van der Waals surface area contributed by atoms with Crippen molar-refractivity contribution in [3.05, 3.63) is 23.8 Å². The average molecular weight is 345 g/mol. The number of piperidine rings is 1. The molecule has 0 bridgehead atoms. The minimum Gasteiger partial charge on any atom is -0.444 e. The second-order valence-corrected chi connectivity index (χ2v) is 8.41. The fraction of sp³-hybridized carbons (Fsp3) is 0.650. The van der Waals surface area contributed by atoms with Gasteiger partial charge in [0, 0.05) is 19.6 Å². The van der Waals surface area contributed by atoms with Crippen LogP contribution in [0.15, 0.2) is 18.2 Å². The van der Waals surface area contributed by atoms with Crippen LogP contribution in [0.5, 0.6) is 0 Å². The van der Waals surface area contributed by atoms with E-state index >= 15 is 0 Å². The second kappa shape index (κ2) is 7.14. The van der Waals surface area contributed by atoms with Crippen LogP contribution in [0.2, 0.25) is 0 Å². The van der Waals surface area contributed by atoms with Gasteiger partial charge in [-0.15, -0.1) is 0 Å². The van der Waals surface area contributed by atoms with E-state index in [9.17, 15) is 4.79 Å². The van der Waals surface area contributed by atoms with Crippen molar-refractivity contribution in [1.29, 1.82) is 0 Å². The molecule has 25 heavy (non-hydrogen) atoms. The molecule has 0 radical (unpaired) electrons. The van der Waals surface area contributed by atoms with Gasteiger partial charge in [-0.05, 0) is 76.0 Å². The summed E-state index contributed by atoms with van der Waals surface area (Å²) in [6.45, 7) is 8.21. The van der Waals surface area contributed by atoms with Gasteiger partial charge in [-0.2, -0.15) is 0 Å². The van der Waals surface area contributed by atoms with Crippen molar-refractivity contribution in [2.45, 2.75) is 58.0 Å². The number of rotatable bonds is 4. The van der Waals surface area contributed by atoms with E-state index in [0.717, 1.165) is 49.8 Å². The molecule has 138 valence electrons. The zero-order valence-corrected chi connectivity index (χ0v) is 15.7. The molecule has 0 aromatic heterocycles. The van der Waals surface area contributed by atoms with Gasteiger partial charge in [-0.25, -0.2) is 4.79 Å². The highest BCUT2D eigenvalue weighted by Crippen LogP contribution is 2.33. The average Bonchev–Trinajstić information content (AvgIpc) is 3.36. The van der Waals surface area contributed by atoms with Gasteiger partial charge in [-0.1, -0.05) is 6.07 Å². The van der Waals surface area contributed by atoms with Crippen LogP contribution in [-0.4, -0.2) is 36.2 Å². The first-order valence-corrected chi connectivity index (χ1v) is 9.43. The Labute approximate surface area is 150 Å². The molecule has 1 saturated heterocycles. The predicted octanol–water partition coefficient (Wildman–Crippen LogP) is 4.21. The molecule has 3 N–H and O–H groups in total. The Bertz CT molecular complexity index is 612. The molecule has 1 saturated carbocycles. The van der Waals surface area contributed by atoms with E-state index in [1.807, 2.05) is 25.7 Å². The van der Waals surface area contributed by atoms with Crippen LogP contribution in [0.4, 0.5) is 16.2 Å². The number of hydrogen-bond acceptors (Lipinski definition) is 4. The highest BCUT2D eigenvalue weighted by molar-refractivity contribution is 5.69. The minimum absolute atomic E-state index is 0.204. The van der Waals surface area contributed by atoms with Crippen molar-refractivity contribution in [2.75, 3.05) is 30.7 Å². The quantitative estimate of drug-likeness (QED) is 0.802. The van der Waals surface area contributed by atoms with Crippen molar-refractivity contribution in [2.24, 2.45) is 5.92 Å². The zero-order valence-electron chi connectivity index (χ0n) is 15.7. The smallest absolute Gasteiger partial charge is 0.410 e. The molecule has 5 heteroatoms. The van der Waals surface area contributed by atoms with Crippen LogP contribution in [0.3, 0.4) is 0 Å². The molecule has 0 spiro atoms. The van der Waals surface area contributed by atoms with Gasteiger partial charge in [0.25, 0.3) is 0 Å². The van der Waals surface area contributed by atoms with E-state index in [2.05, 4.69) is 23.5 Å². The van der Waals surface area contributed by atoms with E-state index in [4.69, 9.17) is 10.5 Å². The number of nitrogen functional groups attached to an aromatic ring is 1. The van der Waals surface area contributed by atoms with Crippen molar-refractivity contribution in [3.63, 3.8) is 0 Å². The summed E-state index contributed by atoms with van der Waals surface area (Å²) in [6.07, 6.45) is 4.37. The summed E-state index contributed by atoms with van der Waals surface area (Å²) in [5.74, 6) is 1.29. The Morgan fingerprint density at radius 1 is 1.24 bits per heavy atom. The van der Waals surface area contributed by atoms with Gasteiger partial charge >= 0.3 is 6.09 Å². The number of anilines is 2. The van der Waals surface area contributed by atoms with Crippen LogP contribution in [0, 0.1) is 5.92 Å². The third kappa shape index (κ3) is 5.03. The number of hydrogen-bond donors (Lipinski definition) is 2. The number of ether oxygens (including phenoxy) is 1. The summed E-state index contributed by atoms with van der Waals surface area (Å²) in [5.41, 5.74) is 8.94. The largest absolute Gasteiger partial charge is 0.444 e. The topological polar surface area (TPSA) is 67.6 Å². The molecule has 1 amide bonds. The Morgan fingerprint density at radius 2 is 1.92 bits per heavy atom. The number of nitrogens with two attached hydrogens (primary N) is 1. The molecule has 2 fully saturated rings. The monoisotopic (exact) mass is 345 g/mol. The minimum atomic E-state index is -0.439. The van der Waals surface area contributed by atoms with Gasteiger partial charge in [0.15, 0.2) is 0 Å². The standard InChI is InChI=1S/C20H31N3O2/c1-20(2,3)25-19(24)23-10-8-15(9-11-23)16-6-7-18(17(21)12-16)22-13-14-4-5-14/h6-7,12,14-15,22H,4-5,8-11,13,21H2,1-3H3. The maximum absolute atomic E-state index is 12.2. The Hall–Kier alpha value is -1.91. The molecule has 2 aliphatic rings. The number of nitrogens with zero attached hydrogens (tertiary/aromatic N) is 1. The molecule has 1 aliphatic heterocycles. The number of carbonyl (C=O) groups excluding carboxylic acids is 1. The second-order valence-electron chi connectivity index (χ2n) is 8.41. The lowest BCUT2D eigenvalue weighted by Crippen LogP contribution is -2.41. The molecule has 1 aliphatic carbocycles. The molecule has 5 nitrogen and oxygen atoms in total. The lowest BCUT2D eigenvalue weighted by Gasteiger charge is -2.33. The fourth-order valence-corrected chi connectivity index (χ4v) is 3.29. The normalized spacial score (nSPS) is 18.9. The van der Waals surface area contributed by atoms with E-state index in [1.165, 1.54) is 18.4 Å². The zero-order chi connectivity index (χ0) is 18.0. The Kier molecular flexibility index (Phi) is 5.11. The summed E-state index contributed by atoms with van der Waals surface area (Å²) in [7, 11) is 0. The van der Waals surface area contributed by atoms with Crippen molar-refractivity contribution < 1.29 is 9.53 Å². The van der Waals surface area contributed by atoms with E-state index in [-0.39, 0.29) is 6.09 Å². The van der Waals surface area contributed by atoms with Crippen molar-refractivity contribution in [1.82, 2.24) is 4.90 Å². The van der Waals surface area contributed by atoms with Gasteiger partial charge in [-0.3, -0.25) is 0 Å². The van der Waals surface area contributed by atoms with Gasteiger partial charge < -0.3 is 20.7 Å². The molecule has 0 unspecified atom stereocenters. The highest BCUT2D eigenvalue weighted by Gasteiger charge is 2.27. The lowest BCUT2D eigenvalue weighted by molar-refractivity contribution is 0.0205. The predicted molar refractivity (Wildman–Crippen MR) is 102 cm³/mol. The Balaban J connectivity index is 1.53.